The number of carbonyl (C=O) groups is 1. The number of hydrogen-bond donors (Lipinski definition) is 1. The first kappa shape index (κ1) is 21.3. The Bertz CT molecular complexity index is 889. The minimum Gasteiger partial charge on any atom is -0.372 e. The summed E-state index contributed by atoms with van der Waals surface area (Å²) in [7, 11) is 3.07. The zero-order valence-corrected chi connectivity index (χ0v) is 17.4. The third kappa shape index (κ3) is 4.28. The summed E-state index contributed by atoms with van der Waals surface area (Å²) in [6, 6.07) is 2.57. The topological polar surface area (TPSA) is 81.4 Å². The van der Waals surface area contributed by atoms with Gasteiger partial charge in [0.25, 0.3) is 5.91 Å². The first-order valence-corrected chi connectivity index (χ1v) is 9.24. The Labute approximate surface area is 167 Å². The van der Waals surface area contributed by atoms with Crippen molar-refractivity contribution in [1.82, 2.24) is 19.4 Å². The van der Waals surface area contributed by atoms with E-state index in [0.717, 1.165) is 0 Å². The summed E-state index contributed by atoms with van der Waals surface area (Å²) >= 11 is 12.6. The molecule has 1 aromatic carbocycles. The fourth-order valence-corrected chi connectivity index (χ4v) is 3.10. The van der Waals surface area contributed by atoms with Crippen LogP contribution in [0.15, 0.2) is 16.9 Å². The number of halogens is 2. The zero-order chi connectivity index (χ0) is 20.3. The quantitative estimate of drug-likeness (QED) is 0.702. The summed E-state index contributed by atoms with van der Waals surface area (Å²) in [4.78, 5) is 30.0. The van der Waals surface area contributed by atoms with Crippen molar-refractivity contribution >= 4 is 34.8 Å². The lowest BCUT2D eigenvalue weighted by Gasteiger charge is -2.25. The highest BCUT2D eigenvalue weighted by Gasteiger charge is 2.24. The summed E-state index contributed by atoms with van der Waals surface area (Å²) < 4.78 is 2.61. The van der Waals surface area contributed by atoms with E-state index in [1.807, 2.05) is 13.8 Å². The normalized spacial score (nSPS) is 12.1. The maximum Gasteiger partial charge on any atom is 0.350 e. The average Bonchev–Trinajstić information content (AvgIpc) is 2.89. The molecule has 8 nitrogen and oxygen atoms in total. The minimum atomic E-state index is -0.557. The molecule has 27 heavy (non-hydrogen) atoms. The Kier molecular flexibility index (Phi) is 6.91. The fraction of sp³-hybridized carbons (Fsp3) is 0.471. The first-order valence-electron chi connectivity index (χ1n) is 8.49. The van der Waals surface area contributed by atoms with Crippen molar-refractivity contribution in [1.29, 1.82) is 0 Å². The molecule has 1 N–H and O–H groups in total. The molecular weight excluding hydrogens is 393 g/mol. The second-order valence-electron chi connectivity index (χ2n) is 5.90. The van der Waals surface area contributed by atoms with Gasteiger partial charge in [-0.25, -0.2) is 9.86 Å². The van der Waals surface area contributed by atoms with Gasteiger partial charge in [-0.2, -0.15) is 9.78 Å². The molecule has 0 saturated carbocycles. The SMILES string of the molecule is CCC(Nc1cc(-n2nc(C)n(C)c2=O)c(Cl)cc1Cl)C(=O)N(CC)OC. The molecule has 148 valence electrons. The van der Waals surface area contributed by atoms with Crippen molar-refractivity contribution in [3.63, 3.8) is 0 Å². The number of hydrogen-bond acceptors (Lipinski definition) is 5. The molecule has 0 bridgehead atoms. The molecule has 1 amide bonds. The number of aromatic nitrogens is 3. The number of hydroxylamine groups is 2. The van der Waals surface area contributed by atoms with Gasteiger partial charge in [0.05, 0.1) is 28.5 Å². The van der Waals surface area contributed by atoms with Crippen LogP contribution in [-0.4, -0.2) is 45.0 Å². The van der Waals surface area contributed by atoms with E-state index in [9.17, 15) is 9.59 Å². The number of carbonyl (C=O) groups excluding carboxylic acids is 1. The van der Waals surface area contributed by atoms with Crippen LogP contribution in [0, 0.1) is 6.92 Å². The zero-order valence-electron chi connectivity index (χ0n) is 15.9. The fourth-order valence-electron chi connectivity index (χ4n) is 2.58. The standard InChI is InChI=1S/C17H23Cl2N5O3/c1-6-13(16(25)23(7-2)27-5)20-14-9-15(12(19)8-11(14)18)24-17(26)22(4)10(3)21-24/h8-9,13,20H,6-7H2,1-5H3. The maximum atomic E-state index is 12.6. The molecule has 1 unspecified atom stereocenters. The van der Waals surface area contributed by atoms with E-state index < -0.39 is 6.04 Å². The number of nitrogens with zero attached hydrogens (tertiary/aromatic N) is 4. The highest BCUT2D eigenvalue weighted by atomic mass is 35.5. The highest BCUT2D eigenvalue weighted by molar-refractivity contribution is 6.37. The van der Waals surface area contributed by atoms with Gasteiger partial charge in [-0.15, -0.1) is 0 Å². The van der Waals surface area contributed by atoms with Crippen LogP contribution in [0.4, 0.5) is 5.69 Å². The lowest BCUT2D eigenvalue weighted by Crippen LogP contribution is -2.42. The number of amides is 1. The van der Waals surface area contributed by atoms with E-state index in [1.54, 1.807) is 20.0 Å². The second-order valence-corrected chi connectivity index (χ2v) is 6.72. The second kappa shape index (κ2) is 8.77. The molecule has 1 aromatic heterocycles. The molecular formula is C17H23Cl2N5O3. The number of benzene rings is 1. The van der Waals surface area contributed by atoms with Gasteiger partial charge in [-0.05, 0) is 32.4 Å². The van der Waals surface area contributed by atoms with Crippen molar-refractivity contribution in [3.05, 3.63) is 38.5 Å². The molecule has 2 rings (SSSR count). The third-order valence-corrected chi connectivity index (χ3v) is 4.87. The molecule has 0 aliphatic rings. The van der Waals surface area contributed by atoms with Crippen LogP contribution in [-0.2, 0) is 16.7 Å². The average molecular weight is 416 g/mol. The molecule has 1 atom stereocenters. The summed E-state index contributed by atoms with van der Waals surface area (Å²) in [6.45, 7) is 5.82. The van der Waals surface area contributed by atoms with Crippen LogP contribution in [0.25, 0.3) is 5.69 Å². The predicted octanol–water partition coefficient (Wildman–Crippen LogP) is 2.79. The van der Waals surface area contributed by atoms with Crippen LogP contribution in [0.2, 0.25) is 10.0 Å². The molecule has 0 radical (unpaired) electrons. The van der Waals surface area contributed by atoms with Crippen LogP contribution in [0.1, 0.15) is 26.1 Å². The largest absolute Gasteiger partial charge is 0.372 e. The number of likely N-dealkylation sites (N-methyl/N-ethyl adjacent to an activating group) is 1. The number of rotatable bonds is 7. The van der Waals surface area contributed by atoms with Gasteiger partial charge >= 0.3 is 5.69 Å². The van der Waals surface area contributed by atoms with Crippen molar-refractivity contribution in [2.24, 2.45) is 7.05 Å². The Morgan fingerprint density at radius 3 is 2.48 bits per heavy atom. The smallest absolute Gasteiger partial charge is 0.350 e. The molecule has 0 fully saturated rings. The Morgan fingerprint density at radius 2 is 2.00 bits per heavy atom. The van der Waals surface area contributed by atoms with Crippen LogP contribution in [0.3, 0.4) is 0 Å². The van der Waals surface area contributed by atoms with E-state index in [4.69, 9.17) is 28.0 Å². The Hall–Kier alpha value is -2.03. The van der Waals surface area contributed by atoms with Crippen molar-refractivity contribution < 1.29 is 9.63 Å². The minimum absolute atomic E-state index is 0.221. The lowest BCUT2D eigenvalue weighted by molar-refractivity contribution is -0.175. The van der Waals surface area contributed by atoms with Gasteiger partial charge in [-0.1, -0.05) is 30.1 Å². The van der Waals surface area contributed by atoms with Crippen molar-refractivity contribution in [2.45, 2.75) is 33.2 Å². The third-order valence-electron chi connectivity index (χ3n) is 4.25. The Balaban J connectivity index is 2.44. The van der Waals surface area contributed by atoms with Crippen molar-refractivity contribution in [2.75, 3.05) is 19.0 Å². The van der Waals surface area contributed by atoms with Crippen LogP contribution < -0.4 is 11.0 Å². The molecule has 10 heteroatoms. The molecule has 0 saturated heterocycles. The van der Waals surface area contributed by atoms with Gasteiger partial charge in [0.2, 0.25) is 0 Å². The maximum absolute atomic E-state index is 12.6. The number of anilines is 1. The predicted molar refractivity (Wildman–Crippen MR) is 106 cm³/mol. The monoisotopic (exact) mass is 415 g/mol. The summed E-state index contributed by atoms with van der Waals surface area (Å²) in [5, 5.41) is 9.20. The molecule has 0 spiro atoms. The van der Waals surface area contributed by atoms with E-state index >= 15 is 0 Å². The lowest BCUT2D eigenvalue weighted by atomic mass is 10.1. The van der Waals surface area contributed by atoms with E-state index in [0.29, 0.717) is 35.2 Å². The van der Waals surface area contributed by atoms with Crippen LogP contribution in [0.5, 0.6) is 0 Å². The summed E-state index contributed by atoms with van der Waals surface area (Å²) in [5.41, 5.74) is 0.514. The molecule has 2 aromatic rings. The summed E-state index contributed by atoms with van der Waals surface area (Å²) in [6.07, 6.45) is 0.510. The van der Waals surface area contributed by atoms with Gasteiger partial charge in [0, 0.05) is 13.6 Å². The van der Waals surface area contributed by atoms with Crippen LogP contribution >= 0.6 is 23.2 Å². The first-order chi connectivity index (χ1) is 12.7. The van der Waals surface area contributed by atoms with Gasteiger partial charge < -0.3 is 5.32 Å². The summed E-state index contributed by atoms with van der Waals surface area (Å²) in [5.74, 6) is 0.321. The number of nitrogens with one attached hydrogen (secondary N) is 1. The highest BCUT2D eigenvalue weighted by Crippen LogP contribution is 2.31. The molecule has 1 heterocycles. The van der Waals surface area contributed by atoms with E-state index in [-0.39, 0.29) is 16.6 Å². The Morgan fingerprint density at radius 1 is 1.33 bits per heavy atom. The van der Waals surface area contributed by atoms with Gasteiger partial charge in [0.1, 0.15) is 11.9 Å². The van der Waals surface area contributed by atoms with Gasteiger partial charge in [-0.3, -0.25) is 14.2 Å². The van der Waals surface area contributed by atoms with E-state index in [1.165, 1.54) is 27.5 Å². The van der Waals surface area contributed by atoms with Crippen molar-refractivity contribution in [3.8, 4) is 5.69 Å². The molecule has 0 aliphatic carbocycles. The number of aryl methyl sites for hydroxylation is 1. The van der Waals surface area contributed by atoms with Gasteiger partial charge in [0.15, 0.2) is 0 Å². The molecule has 0 aliphatic heterocycles. The van der Waals surface area contributed by atoms with E-state index in [2.05, 4.69) is 10.4 Å².